The lowest BCUT2D eigenvalue weighted by molar-refractivity contribution is -0.118. The van der Waals surface area contributed by atoms with Crippen molar-refractivity contribution in [1.29, 1.82) is 5.26 Å². The van der Waals surface area contributed by atoms with E-state index in [1.54, 1.807) is 0 Å². The minimum Gasteiger partial charge on any atom is -0.294 e. The van der Waals surface area contributed by atoms with Crippen LogP contribution in [0.4, 0.5) is 0 Å². The molecule has 3 nitrogen and oxygen atoms in total. The Morgan fingerprint density at radius 1 is 1.11 bits per heavy atom. The molecule has 0 amide bonds. The quantitative estimate of drug-likeness (QED) is 0.752. The first-order chi connectivity index (χ1) is 13.4. The zero-order chi connectivity index (χ0) is 20.1. The zero-order valence-electron chi connectivity index (χ0n) is 16.4. The molecule has 0 bridgehead atoms. The Labute approximate surface area is 168 Å². The molecule has 4 rings (SSSR count). The van der Waals surface area contributed by atoms with Crippen molar-refractivity contribution in [2.45, 2.75) is 48.8 Å². The van der Waals surface area contributed by atoms with E-state index in [1.807, 2.05) is 69.3 Å². The molecule has 1 fully saturated rings. The smallest absolute Gasteiger partial charge is 0.161 e. The number of aryl methyl sites for hydroxylation is 1. The standard InChI is InChI=1S/C24H23NO2S/c1-15-8-10-18(11-9-15)28(27)22-7-5-4-6-21(22)24(14-25)12-19-16(2)23(26)17(3)20(19)13-24/h4-11,16,19H,12-13H2,1-3H3/t16-,19-,24-,28-/m0/s1. The molecule has 142 valence electrons. The van der Waals surface area contributed by atoms with Crippen molar-refractivity contribution < 1.29 is 9.00 Å². The molecule has 4 heteroatoms. The number of hydrogen-bond acceptors (Lipinski definition) is 3. The summed E-state index contributed by atoms with van der Waals surface area (Å²) < 4.78 is 13.4. The van der Waals surface area contributed by atoms with Gasteiger partial charge in [0, 0.05) is 15.7 Å². The maximum absolute atomic E-state index is 13.4. The number of ketones is 1. The Hall–Kier alpha value is -2.51. The highest BCUT2D eigenvalue weighted by molar-refractivity contribution is 7.85. The van der Waals surface area contributed by atoms with E-state index in [1.165, 1.54) is 0 Å². The van der Waals surface area contributed by atoms with Gasteiger partial charge < -0.3 is 0 Å². The first-order valence-electron chi connectivity index (χ1n) is 9.61. The van der Waals surface area contributed by atoms with Gasteiger partial charge >= 0.3 is 0 Å². The number of nitriles is 1. The minimum atomic E-state index is -1.36. The van der Waals surface area contributed by atoms with Crippen LogP contribution in [0.2, 0.25) is 0 Å². The summed E-state index contributed by atoms with van der Waals surface area (Å²) in [5, 5.41) is 10.2. The Bertz CT molecular complexity index is 1060. The molecular formula is C24H23NO2S. The van der Waals surface area contributed by atoms with Crippen LogP contribution in [0.3, 0.4) is 0 Å². The summed E-state index contributed by atoms with van der Waals surface area (Å²) in [6.45, 7) is 5.85. The summed E-state index contributed by atoms with van der Waals surface area (Å²) in [5.41, 5.74) is 3.17. The number of benzene rings is 2. The van der Waals surface area contributed by atoms with E-state index >= 15 is 0 Å². The highest BCUT2D eigenvalue weighted by atomic mass is 32.2. The molecule has 2 aliphatic carbocycles. The average molecular weight is 390 g/mol. The van der Waals surface area contributed by atoms with Gasteiger partial charge in [-0.05, 0) is 61.9 Å². The topological polar surface area (TPSA) is 57.9 Å². The fraction of sp³-hybridized carbons (Fsp3) is 0.333. The molecule has 0 heterocycles. The van der Waals surface area contributed by atoms with Gasteiger partial charge in [-0.15, -0.1) is 0 Å². The van der Waals surface area contributed by atoms with E-state index < -0.39 is 16.2 Å². The summed E-state index contributed by atoms with van der Waals surface area (Å²) in [6, 6.07) is 17.8. The van der Waals surface area contributed by atoms with E-state index in [9.17, 15) is 14.3 Å². The Morgan fingerprint density at radius 2 is 1.79 bits per heavy atom. The van der Waals surface area contributed by atoms with Crippen molar-refractivity contribution >= 4 is 16.6 Å². The molecule has 2 aromatic carbocycles. The van der Waals surface area contributed by atoms with Crippen molar-refractivity contribution in [3.8, 4) is 6.07 Å². The fourth-order valence-corrected chi connectivity index (χ4v) is 6.06. The molecule has 0 aromatic heterocycles. The maximum Gasteiger partial charge on any atom is 0.161 e. The highest BCUT2D eigenvalue weighted by Crippen LogP contribution is 2.55. The number of allylic oxidation sites excluding steroid dienone is 2. The highest BCUT2D eigenvalue weighted by Gasteiger charge is 2.52. The Kier molecular flexibility index (Phi) is 4.59. The van der Waals surface area contributed by atoms with Crippen molar-refractivity contribution in [1.82, 2.24) is 0 Å². The minimum absolute atomic E-state index is 0.0695. The average Bonchev–Trinajstić information content (AvgIpc) is 3.20. The van der Waals surface area contributed by atoms with Crippen LogP contribution in [-0.4, -0.2) is 9.99 Å². The van der Waals surface area contributed by atoms with Gasteiger partial charge in [0.25, 0.3) is 0 Å². The van der Waals surface area contributed by atoms with Crippen molar-refractivity contribution in [3.05, 3.63) is 70.8 Å². The molecule has 0 saturated heterocycles. The summed E-state index contributed by atoms with van der Waals surface area (Å²) in [4.78, 5) is 13.8. The largest absolute Gasteiger partial charge is 0.294 e. The number of carbonyl (C=O) groups is 1. The Balaban J connectivity index is 1.80. The second-order valence-corrected chi connectivity index (χ2v) is 9.51. The molecule has 0 spiro atoms. The van der Waals surface area contributed by atoms with Crippen LogP contribution >= 0.6 is 0 Å². The molecule has 0 aliphatic heterocycles. The third kappa shape index (κ3) is 2.77. The molecule has 2 aromatic rings. The summed E-state index contributed by atoms with van der Waals surface area (Å²) in [7, 11) is -1.36. The molecule has 28 heavy (non-hydrogen) atoms. The van der Waals surface area contributed by atoms with Gasteiger partial charge in [0.1, 0.15) is 0 Å². The van der Waals surface area contributed by atoms with E-state index in [0.29, 0.717) is 17.7 Å². The number of Topliss-reactive ketones (excluding diaryl/α,β-unsaturated/α-hetero) is 1. The van der Waals surface area contributed by atoms with Crippen LogP contribution in [0.1, 0.15) is 37.8 Å². The third-order valence-electron chi connectivity index (χ3n) is 6.43. The molecule has 2 aliphatic rings. The van der Waals surface area contributed by atoms with Gasteiger partial charge in [0.15, 0.2) is 5.78 Å². The van der Waals surface area contributed by atoms with Gasteiger partial charge in [0.2, 0.25) is 0 Å². The van der Waals surface area contributed by atoms with Crippen LogP contribution in [0.25, 0.3) is 0 Å². The van der Waals surface area contributed by atoms with Gasteiger partial charge in [-0.1, -0.05) is 48.4 Å². The predicted molar refractivity (Wildman–Crippen MR) is 109 cm³/mol. The van der Waals surface area contributed by atoms with E-state index in [4.69, 9.17) is 0 Å². The second kappa shape index (κ2) is 6.83. The Morgan fingerprint density at radius 3 is 2.43 bits per heavy atom. The van der Waals surface area contributed by atoms with Gasteiger partial charge in [-0.3, -0.25) is 4.79 Å². The predicted octanol–water partition coefficient (Wildman–Crippen LogP) is 4.87. The molecule has 4 atom stereocenters. The monoisotopic (exact) mass is 389 g/mol. The van der Waals surface area contributed by atoms with Crippen molar-refractivity contribution in [2.24, 2.45) is 11.8 Å². The fourth-order valence-electron chi connectivity index (χ4n) is 4.76. The molecule has 1 saturated carbocycles. The SMILES string of the molecule is CC1=C2C[C@@](C#N)(c3ccccc3[S@@](=O)c3ccc(C)cc3)C[C@H]2[C@H](C)C1=O. The first-order valence-corrected chi connectivity index (χ1v) is 10.8. The van der Waals surface area contributed by atoms with Crippen LogP contribution in [-0.2, 0) is 21.0 Å². The number of carbonyl (C=O) groups excluding carboxylic acids is 1. The van der Waals surface area contributed by atoms with Gasteiger partial charge in [-0.25, -0.2) is 4.21 Å². The van der Waals surface area contributed by atoms with Crippen LogP contribution in [0.5, 0.6) is 0 Å². The summed E-state index contributed by atoms with van der Waals surface area (Å²) in [5.74, 6) is 0.260. The van der Waals surface area contributed by atoms with Crippen molar-refractivity contribution in [3.63, 3.8) is 0 Å². The lowest BCUT2D eigenvalue weighted by Crippen LogP contribution is -2.25. The normalized spacial score (nSPS) is 27.6. The van der Waals surface area contributed by atoms with Crippen LogP contribution < -0.4 is 0 Å². The summed E-state index contributed by atoms with van der Waals surface area (Å²) in [6.07, 6.45) is 1.17. The number of rotatable bonds is 3. The molecule has 0 N–H and O–H groups in total. The molecule has 0 unspecified atom stereocenters. The number of nitrogens with zero attached hydrogens (tertiary/aromatic N) is 1. The summed E-state index contributed by atoms with van der Waals surface area (Å²) >= 11 is 0. The third-order valence-corrected chi connectivity index (χ3v) is 7.88. The lowest BCUT2D eigenvalue weighted by Gasteiger charge is -2.25. The zero-order valence-corrected chi connectivity index (χ0v) is 17.2. The van der Waals surface area contributed by atoms with Crippen LogP contribution in [0, 0.1) is 30.1 Å². The maximum atomic E-state index is 13.4. The van der Waals surface area contributed by atoms with Crippen LogP contribution in [0.15, 0.2) is 69.5 Å². The molecule has 0 radical (unpaired) electrons. The van der Waals surface area contributed by atoms with E-state index in [-0.39, 0.29) is 17.6 Å². The van der Waals surface area contributed by atoms with Gasteiger partial charge in [0.05, 0.1) is 22.3 Å². The van der Waals surface area contributed by atoms with Crippen molar-refractivity contribution in [2.75, 3.05) is 0 Å². The lowest BCUT2D eigenvalue weighted by atomic mass is 9.77. The van der Waals surface area contributed by atoms with Gasteiger partial charge in [-0.2, -0.15) is 5.26 Å². The second-order valence-electron chi connectivity index (χ2n) is 8.06. The van der Waals surface area contributed by atoms with E-state index in [0.717, 1.165) is 27.2 Å². The first kappa shape index (κ1) is 18.8. The number of hydrogen-bond donors (Lipinski definition) is 0. The van der Waals surface area contributed by atoms with E-state index in [2.05, 4.69) is 6.07 Å². The number of fused-ring (bicyclic) bond motifs is 1. The molecular weight excluding hydrogens is 366 g/mol.